The highest BCUT2D eigenvalue weighted by molar-refractivity contribution is 7.98. The Hall–Kier alpha value is -2.61. The number of sulfonamides is 1. The Morgan fingerprint density at radius 3 is 2.16 bits per heavy atom. The lowest BCUT2D eigenvalue weighted by Crippen LogP contribution is -2.45. The summed E-state index contributed by atoms with van der Waals surface area (Å²) in [7, 11) is -3.93. The van der Waals surface area contributed by atoms with Crippen LogP contribution in [-0.2, 0) is 21.2 Å². The first-order valence-electron chi connectivity index (χ1n) is 10.3. The number of thioether (sulfide) groups is 1. The molecule has 0 aromatic heterocycles. The molecule has 0 saturated heterocycles. The van der Waals surface area contributed by atoms with Gasteiger partial charge < -0.3 is 5.32 Å². The van der Waals surface area contributed by atoms with E-state index in [1.807, 2.05) is 79.9 Å². The first-order chi connectivity index (χ1) is 15.2. The van der Waals surface area contributed by atoms with Crippen LogP contribution in [0.15, 0.2) is 76.5 Å². The Labute approximate surface area is 194 Å². The normalized spacial score (nSPS) is 12.4. The minimum absolute atomic E-state index is 0.221. The zero-order chi connectivity index (χ0) is 23.3. The molecule has 1 amide bonds. The first-order valence-corrected chi connectivity index (χ1v) is 13.0. The number of rotatable bonds is 8. The van der Waals surface area contributed by atoms with Crippen molar-refractivity contribution in [3.8, 4) is 0 Å². The fourth-order valence-corrected chi connectivity index (χ4v) is 6.04. The maximum atomic E-state index is 13.4. The van der Waals surface area contributed by atoms with Crippen molar-refractivity contribution in [1.29, 1.82) is 0 Å². The van der Waals surface area contributed by atoms with E-state index in [9.17, 15) is 13.2 Å². The van der Waals surface area contributed by atoms with E-state index >= 15 is 0 Å². The van der Waals surface area contributed by atoms with E-state index in [4.69, 9.17) is 0 Å². The van der Waals surface area contributed by atoms with Crippen molar-refractivity contribution in [2.75, 3.05) is 11.6 Å². The average Bonchev–Trinajstić information content (AvgIpc) is 2.73. The van der Waals surface area contributed by atoms with E-state index < -0.39 is 22.0 Å². The molecule has 0 aliphatic rings. The Morgan fingerprint density at radius 1 is 0.938 bits per heavy atom. The monoisotopic (exact) mass is 468 g/mol. The smallest absolute Gasteiger partial charge is 0.242 e. The summed E-state index contributed by atoms with van der Waals surface area (Å²) in [6.45, 7) is 5.48. The number of nitrogens with one attached hydrogen (secondary N) is 2. The van der Waals surface area contributed by atoms with Gasteiger partial charge in [-0.2, -0.15) is 4.72 Å². The Kier molecular flexibility index (Phi) is 7.77. The molecule has 3 rings (SSSR count). The van der Waals surface area contributed by atoms with Crippen molar-refractivity contribution in [2.24, 2.45) is 0 Å². The van der Waals surface area contributed by atoms with Gasteiger partial charge in [0.2, 0.25) is 15.9 Å². The van der Waals surface area contributed by atoms with E-state index in [0.717, 1.165) is 16.0 Å². The quantitative estimate of drug-likeness (QED) is 0.463. The molecule has 0 heterocycles. The van der Waals surface area contributed by atoms with Crippen LogP contribution in [0, 0.1) is 20.8 Å². The zero-order valence-corrected chi connectivity index (χ0v) is 20.3. The van der Waals surface area contributed by atoms with Gasteiger partial charge >= 0.3 is 0 Å². The summed E-state index contributed by atoms with van der Waals surface area (Å²) in [5, 5.41) is 2.91. The first kappa shape index (κ1) is 24.0. The van der Waals surface area contributed by atoms with Gasteiger partial charge in [0.15, 0.2) is 0 Å². The van der Waals surface area contributed by atoms with Crippen LogP contribution < -0.4 is 10.0 Å². The fraction of sp³-hybridized carbons (Fsp3) is 0.240. The van der Waals surface area contributed by atoms with Crippen LogP contribution in [0.5, 0.6) is 0 Å². The molecule has 7 heteroatoms. The number of amides is 1. The number of benzene rings is 3. The van der Waals surface area contributed by atoms with Crippen LogP contribution >= 0.6 is 11.8 Å². The van der Waals surface area contributed by atoms with Gasteiger partial charge in [-0.15, -0.1) is 11.8 Å². The molecule has 5 nitrogen and oxygen atoms in total. The third-order valence-electron chi connectivity index (χ3n) is 5.13. The van der Waals surface area contributed by atoms with E-state index in [2.05, 4.69) is 10.0 Å². The summed E-state index contributed by atoms with van der Waals surface area (Å²) in [5.41, 5.74) is 3.82. The van der Waals surface area contributed by atoms with Gasteiger partial charge in [0.1, 0.15) is 6.04 Å². The molecule has 3 aromatic carbocycles. The molecule has 0 aliphatic heterocycles. The number of hydrogen-bond acceptors (Lipinski definition) is 4. The molecule has 2 N–H and O–H groups in total. The maximum absolute atomic E-state index is 13.4. The van der Waals surface area contributed by atoms with Gasteiger partial charge in [-0.25, -0.2) is 8.42 Å². The van der Waals surface area contributed by atoms with Gasteiger partial charge in [-0.3, -0.25) is 4.79 Å². The van der Waals surface area contributed by atoms with Crippen molar-refractivity contribution in [3.05, 3.63) is 89.0 Å². The molecule has 0 bridgehead atoms. The summed E-state index contributed by atoms with van der Waals surface area (Å²) >= 11 is 1.51. The van der Waals surface area contributed by atoms with Crippen LogP contribution in [0.2, 0.25) is 0 Å². The molecule has 0 spiro atoms. The van der Waals surface area contributed by atoms with E-state index in [-0.39, 0.29) is 11.3 Å². The highest BCUT2D eigenvalue weighted by Gasteiger charge is 2.28. The largest absolute Gasteiger partial charge is 0.324 e. The number of carbonyl (C=O) groups is 1. The number of hydrogen-bond donors (Lipinski definition) is 2. The van der Waals surface area contributed by atoms with Gasteiger partial charge in [-0.05, 0) is 62.3 Å². The lowest BCUT2D eigenvalue weighted by Gasteiger charge is -2.21. The van der Waals surface area contributed by atoms with Crippen LogP contribution in [0.3, 0.4) is 0 Å². The third kappa shape index (κ3) is 5.79. The second kappa shape index (κ2) is 10.3. The van der Waals surface area contributed by atoms with Crippen molar-refractivity contribution >= 4 is 33.4 Å². The second-order valence-electron chi connectivity index (χ2n) is 7.78. The van der Waals surface area contributed by atoms with E-state index in [0.29, 0.717) is 16.8 Å². The number of para-hydroxylation sites is 1. The van der Waals surface area contributed by atoms with Crippen molar-refractivity contribution < 1.29 is 13.2 Å². The van der Waals surface area contributed by atoms with Crippen LogP contribution in [0.25, 0.3) is 0 Å². The summed E-state index contributed by atoms with van der Waals surface area (Å²) in [6, 6.07) is 19.5. The van der Waals surface area contributed by atoms with Crippen molar-refractivity contribution in [3.63, 3.8) is 0 Å². The highest BCUT2D eigenvalue weighted by Crippen LogP contribution is 2.26. The SMILES string of the molecule is CSc1ccccc1NC(=O)C(Cc1ccccc1)NS(=O)(=O)c1c(C)cc(C)cc1C. The number of carbonyl (C=O) groups excluding carboxylic acids is 1. The lowest BCUT2D eigenvalue weighted by atomic mass is 10.1. The molecule has 1 atom stereocenters. The molecule has 0 aliphatic carbocycles. The van der Waals surface area contributed by atoms with Crippen LogP contribution in [-0.4, -0.2) is 26.6 Å². The summed E-state index contributed by atoms with van der Waals surface area (Å²) in [4.78, 5) is 14.4. The van der Waals surface area contributed by atoms with Crippen molar-refractivity contribution in [1.82, 2.24) is 4.72 Å². The number of anilines is 1. The summed E-state index contributed by atoms with van der Waals surface area (Å²) in [5.74, 6) is -0.402. The maximum Gasteiger partial charge on any atom is 0.242 e. The van der Waals surface area contributed by atoms with Gasteiger partial charge in [0.05, 0.1) is 10.6 Å². The molecule has 0 fully saturated rings. The zero-order valence-electron chi connectivity index (χ0n) is 18.7. The average molecular weight is 469 g/mol. The third-order valence-corrected chi connectivity index (χ3v) is 7.71. The molecule has 0 radical (unpaired) electrons. The molecule has 168 valence electrons. The van der Waals surface area contributed by atoms with E-state index in [1.54, 1.807) is 13.8 Å². The molecule has 1 unspecified atom stereocenters. The predicted molar refractivity (Wildman–Crippen MR) is 132 cm³/mol. The minimum atomic E-state index is -3.93. The van der Waals surface area contributed by atoms with Gasteiger partial charge in [0.25, 0.3) is 0 Å². The second-order valence-corrected chi connectivity index (χ2v) is 10.3. The standard InChI is InChI=1S/C25H28N2O3S2/c1-17-14-18(2)24(19(3)15-17)32(29,30)27-22(16-20-10-6-5-7-11-20)25(28)26-21-12-8-9-13-23(21)31-4/h5-15,22,27H,16H2,1-4H3,(H,26,28). The molecular formula is C25H28N2O3S2. The Morgan fingerprint density at radius 2 is 1.53 bits per heavy atom. The van der Waals surface area contributed by atoms with Gasteiger partial charge in [0, 0.05) is 4.90 Å². The lowest BCUT2D eigenvalue weighted by molar-refractivity contribution is -0.117. The summed E-state index contributed by atoms with van der Waals surface area (Å²) in [6.07, 6.45) is 2.16. The molecule has 0 saturated carbocycles. The predicted octanol–water partition coefficient (Wildman–Crippen LogP) is 4.86. The number of aryl methyl sites for hydroxylation is 3. The van der Waals surface area contributed by atoms with Gasteiger partial charge in [-0.1, -0.05) is 60.2 Å². The van der Waals surface area contributed by atoms with E-state index in [1.165, 1.54) is 11.8 Å². The van der Waals surface area contributed by atoms with Crippen LogP contribution in [0.1, 0.15) is 22.3 Å². The highest BCUT2D eigenvalue weighted by atomic mass is 32.2. The Balaban J connectivity index is 1.95. The minimum Gasteiger partial charge on any atom is -0.324 e. The Bertz CT molecular complexity index is 1190. The molecular weight excluding hydrogens is 440 g/mol. The molecule has 32 heavy (non-hydrogen) atoms. The molecule has 3 aromatic rings. The summed E-state index contributed by atoms with van der Waals surface area (Å²) < 4.78 is 29.4. The van der Waals surface area contributed by atoms with Crippen LogP contribution in [0.4, 0.5) is 5.69 Å². The van der Waals surface area contributed by atoms with Crippen molar-refractivity contribution in [2.45, 2.75) is 43.0 Å². The topological polar surface area (TPSA) is 75.3 Å². The fourth-order valence-electron chi connectivity index (χ4n) is 3.84.